The van der Waals surface area contributed by atoms with Crippen molar-refractivity contribution in [1.82, 2.24) is 0 Å². The summed E-state index contributed by atoms with van der Waals surface area (Å²) in [4.78, 5) is 0. The van der Waals surface area contributed by atoms with Gasteiger partial charge in [-0.2, -0.15) is 10.2 Å². The number of nitrogens with one attached hydrogen (secondary N) is 2. The van der Waals surface area contributed by atoms with Gasteiger partial charge in [-0.3, -0.25) is 10.9 Å². The molecular weight excluding hydrogens is 348 g/mol. The first-order valence-electron chi connectivity index (χ1n) is 8.37. The molecule has 2 aromatic rings. The van der Waals surface area contributed by atoms with Crippen LogP contribution in [0, 0.1) is 0 Å². The molecule has 0 aliphatic rings. The Kier molecular flexibility index (Phi) is 8.40. The minimum atomic E-state index is -1.50. The van der Waals surface area contributed by atoms with Crippen molar-refractivity contribution in [3.63, 3.8) is 0 Å². The number of anilines is 2. The molecule has 144 valence electrons. The van der Waals surface area contributed by atoms with E-state index in [1.165, 1.54) is 13.3 Å². The molecule has 0 saturated carbocycles. The first kappa shape index (κ1) is 20.5. The molecule has 0 aliphatic heterocycles. The van der Waals surface area contributed by atoms with Crippen LogP contribution in [0.2, 0.25) is 0 Å². The smallest absolute Gasteiger partial charge is 0.128 e. The SMILES string of the molecule is COCC(O)C(O)C(O)C(/C=N/Nc1ccccc1)=N/Nc1ccccc1. The van der Waals surface area contributed by atoms with Gasteiger partial charge in [0.25, 0.3) is 0 Å². The van der Waals surface area contributed by atoms with Gasteiger partial charge in [-0.05, 0) is 24.3 Å². The third-order valence-corrected chi connectivity index (χ3v) is 3.61. The molecule has 0 heterocycles. The second-order valence-corrected chi connectivity index (χ2v) is 5.71. The van der Waals surface area contributed by atoms with Gasteiger partial charge in [-0.15, -0.1) is 0 Å². The Morgan fingerprint density at radius 3 is 2.07 bits per heavy atom. The summed E-state index contributed by atoms with van der Waals surface area (Å²) in [5.41, 5.74) is 7.06. The summed E-state index contributed by atoms with van der Waals surface area (Å²) in [5, 5.41) is 38.5. The van der Waals surface area contributed by atoms with Crippen LogP contribution < -0.4 is 10.9 Å². The van der Waals surface area contributed by atoms with Gasteiger partial charge in [0.05, 0.1) is 24.2 Å². The van der Waals surface area contributed by atoms with Gasteiger partial charge in [-0.25, -0.2) is 0 Å². The van der Waals surface area contributed by atoms with E-state index < -0.39 is 18.3 Å². The maximum absolute atomic E-state index is 10.4. The van der Waals surface area contributed by atoms with E-state index in [9.17, 15) is 15.3 Å². The van der Waals surface area contributed by atoms with Gasteiger partial charge < -0.3 is 20.1 Å². The van der Waals surface area contributed by atoms with E-state index in [0.717, 1.165) is 5.69 Å². The Morgan fingerprint density at radius 1 is 0.963 bits per heavy atom. The van der Waals surface area contributed by atoms with Crippen LogP contribution in [-0.4, -0.2) is 59.3 Å². The summed E-state index contributed by atoms with van der Waals surface area (Å²) in [7, 11) is 1.39. The first-order chi connectivity index (χ1) is 13.1. The number of hydrazone groups is 2. The molecule has 8 heteroatoms. The predicted molar refractivity (Wildman–Crippen MR) is 106 cm³/mol. The fourth-order valence-corrected chi connectivity index (χ4v) is 2.15. The minimum Gasteiger partial charge on any atom is -0.388 e. The molecule has 3 atom stereocenters. The van der Waals surface area contributed by atoms with E-state index in [1.54, 1.807) is 12.1 Å². The number of benzene rings is 2. The summed E-state index contributed by atoms with van der Waals surface area (Å²) in [6, 6.07) is 18.3. The Labute approximate surface area is 157 Å². The maximum Gasteiger partial charge on any atom is 0.128 e. The van der Waals surface area contributed by atoms with E-state index in [4.69, 9.17) is 4.74 Å². The molecule has 0 spiro atoms. The summed E-state index contributed by atoms with van der Waals surface area (Å²) in [6.07, 6.45) is -2.98. The molecular formula is C19H24N4O4. The second kappa shape index (κ2) is 11.0. The van der Waals surface area contributed by atoms with Crippen molar-refractivity contribution in [2.45, 2.75) is 18.3 Å². The highest BCUT2D eigenvalue weighted by Gasteiger charge is 2.28. The summed E-state index contributed by atoms with van der Waals surface area (Å²) >= 11 is 0. The van der Waals surface area contributed by atoms with Crippen molar-refractivity contribution in [3.8, 4) is 0 Å². The summed E-state index contributed by atoms with van der Waals surface area (Å²) in [5.74, 6) is 0. The van der Waals surface area contributed by atoms with Gasteiger partial charge in [0.15, 0.2) is 0 Å². The maximum atomic E-state index is 10.4. The van der Waals surface area contributed by atoms with Crippen molar-refractivity contribution in [2.24, 2.45) is 10.2 Å². The standard InChI is InChI=1S/C19H24N4O4/c1-27-13-17(24)19(26)18(25)16(23-22-15-10-6-3-7-11-15)12-20-21-14-8-4-2-5-9-14/h2-12,17-19,21-22,24-26H,13H2,1H3/b20-12+,23-16+. The zero-order valence-corrected chi connectivity index (χ0v) is 14.9. The number of aliphatic hydroxyl groups excluding tert-OH is 3. The minimum absolute atomic E-state index is 0.0323. The lowest BCUT2D eigenvalue weighted by Gasteiger charge is -2.22. The van der Waals surface area contributed by atoms with Crippen LogP contribution in [0.3, 0.4) is 0 Å². The van der Waals surface area contributed by atoms with Crippen LogP contribution in [0.25, 0.3) is 0 Å². The molecule has 0 saturated heterocycles. The van der Waals surface area contributed by atoms with E-state index >= 15 is 0 Å². The van der Waals surface area contributed by atoms with E-state index in [2.05, 4.69) is 21.1 Å². The number of aliphatic hydroxyl groups is 3. The highest BCUT2D eigenvalue weighted by atomic mass is 16.5. The lowest BCUT2D eigenvalue weighted by atomic mass is 10.0. The first-order valence-corrected chi connectivity index (χ1v) is 8.37. The van der Waals surface area contributed by atoms with Crippen LogP contribution in [0.5, 0.6) is 0 Å². The number of hydrogen-bond acceptors (Lipinski definition) is 8. The molecule has 0 fully saturated rings. The third kappa shape index (κ3) is 6.80. The average Bonchev–Trinajstić information content (AvgIpc) is 2.71. The molecule has 0 aromatic heterocycles. The lowest BCUT2D eigenvalue weighted by molar-refractivity contribution is -0.0623. The van der Waals surface area contributed by atoms with Gasteiger partial charge in [0.1, 0.15) is 24.0 Å². The fourth-order valence-electron chi connectivity index (χ4n) is 2.15. The molecule has 27 heavy (non-hydrogen) atoms. The number of para-hydroxylation sites is 2. The topological polar surface area (TPSA) is 119 Å². The Hall–Kier alpha value is -2.78. The van der Waals surface area contributed by atoms with Crippen molar-refractivity contribution < 1.29 is 20.1 Å². The van der Waals surface area contributed by atoms with Crippen LogP contribution >= 0.6 is 0 Å². The van der Waals surface area contributed by atoms with Gasteiger partial charge in [-0.1, -0.05) is 36.4 Å². The predicted octanol–water partition coefficient (Wildman–Crippen LogP) is 1.28. The highest BCUT2D eigenvalue weighted by Crippen LogP contribution is 2.08. The van der Waals surface area contributed by atoms with Crippen LogP contribution in [0.4, 0.5) is 11.4 Å². The van der Waals surface area contributed by atoms with Crippen LogP contribution in [0.15, 0.2) is 70.9 Å². The quantitative estimate of drug-likeness (QED) is 0.317. The summed E-state index contributed by atoms with van der Waals surface area (Å²) in [6.45, 7) is -0.128. The number of hydrogen-bond donors (Lipinski definition) is 5. The highest BCUT2D eigenvalue weighted by molar-refractivity contribution is 6.33. The summed E-state index contributed by atoms with van der Waals surface area (Å²) < 4.78 is 4.80. The van der Waals surface area contributed by atoms with E-state index in [-0.39, 0.29) is 12.3 Å². The van der Waals surface area contributed by atoms with Crippen molar-refractivity contribution in [2.75, 3.05) is 24.6 Å². The van der Waals surface area contributed by atoms with Crippen molar-refractivity contribution in [3.05, 3.63) is 60.7 Å². The average molecular weight is 372 g/mol. The van der Waals surface area contributed by atoms with Crippen LogP contribution in [-0.2, 0) is 4.74 Å². The van der Waals surface area contributed by atoms with E-state index in [0.29, 0.717) is 5.69 Å². The van der Waals surface area contributed by atoms with Crippen LogP contribution in [0.1, 0.15) is 0 Å². The second-order valence-electron chi connectivity index (χ2n) is 5.71. The van der Waals surface area contributed by atoms with Gasteiger partial charge >= 0.3 is 0 Å². The largest absolute Gasteiger partial charge is 0.388 e. The Balaban J connectivity index is 2.13. The van der Waals surface area contributed by atoms with Gasteiger partial charge in [0, 0.05) is 7.11 Å². The Bertz CT molecular complexity index is 725. The van der Waals surface area contributed by atoms with Crippen molar-refractivity contribution in [1.29, 1.82) is 0 Å². The molecule has 0 aliphatic carbocycles. The fraction of sp³-hybridized carbons (Fsp3) is 0.263. The number of ether oxygens (including phenoxy) is 1. The molecule has 8 nitrogen and oxygen atoms in total. The normalized spacial score (nSPS) is 15.3. The number of nitrogens with zero attached hydrogens (tertiary/aromatic N) is 2. The van der Waals surface area contributed by atoms with Gasteiger partial charge in [0.2, 0.25) is 0 Å². The number of rotatable bonds is 10. The zero-order chi connectivity index (χ0) is 19.5. The third-order valence-electron chi connectivity index (χ3n) is 3.61. The molecule has 2 aromatic carbocycles. The molecule has 3 unspecified atom stereocenters. The zero-order valence-electron chi connectivity index (χ0n) is 14.9. The molecule has 0 bridgehead atoms. The lowest BCUT2D eigenvalue weighted by Crippen LogP contribution is -2.45. The molecule has 0 amide bonds. The monoisotopic (exact) mass is 372 g/mol. The molecule has 0 radical (unpaired) electrons. The Morgan fingerprint density at radius 2 is 1.52 bits per heavy atom. The van der Waals surface area contributed by atoms with E-state index in [1.807, 2.05) is 48.5 Å². The molecule has 5 N–H and O–H groups in total. The number of methoxy groups -OCH3 is 1. The van der Waals surface area contributed by atoms with Crippen molar-refractivity contribution >= 4 is 23.3 Å². The molecule has 2 rings (SSSR count).